The maximum atomic E-state index is 11.4. The Hall–Kier alpha value is -2.03. The summed E-state index contributed by atoms with van der Waals surface area (Å²) in [6.45, 7) is 2.01. The first-order chi connectivity index (χ1) is 9.72. The molecule has 0 spiro atoms. The topological polar surface area (TPSA) is 42.9 Å². The molecule has 0 aliphatic heterocycles. The zero-order chi connectivity index (χ0) is 13.9. The van der Waals surface area contributed by atoms with Crippen molar-refractivity contribution in [3.05, 3.63) is 47.9 Å². The highest BCUT2D eigenvalue weighted by molar-refractivity contribution is 5.79. The van der Waals surface area contributed by atoms with Crippen molar-refractivity contribution in [1.29, 1.82) is 0 Å². The zero-order valence-electron chi connectivity index (χ0n) is 11.7. The molecule has 3 nitrogen and oxygen atoms in total. The molecule has 0 N–H and O–H groups in total. The van der Waals surface area contributed by atoms with Gasteiger partial charge in [-0.25, -0.2) is 9.97 Å². The smallest absolute Gasteiger partial charge is 0.132 e. The maximum Gasteiger partial charge on any atom is 0.132 e. The summed E-state index contributed by atoms with van der Waals surface area (Å²) in [6.07, 6.45) is 3.11. The van der Waals surface area contributed by atoms with Crippen LogP contribution in [0.25, 0.3) is 11.3 Å². The van der Waals surface area contributed by atoms with E-state index in [0.717, 1.165) is 35.6 Å². The number of hydrogen-bond donors (Lipinski definition) is 0. The van der Waals surface area contributed by atoms with Gasteiger partial charge in [0.05, 0.1) is 5.69 Å². The van der Waals surface area contributed by atoms with Crippen molar-refractivity contribution < 1.29 is 4.79 Å². The minimum Gasteiger partial charge on any atom is -0.300 e. The monoisotopic (exact) mass is 266 g/mol. The molecule has 3 rings (SSSR count). The van der Waals surface area contributed by atoms with Crippen molar-refractivity contribution in [2.75, 3.05) is 0 Å². The molecule has 0 amide bonds. The third-order valence-electron chi connectivity index (χ3n) is 3.85. The average Bonchev–Trinajstić information content (AvgIpc) is 2.48. The van der Waals surface area contributed by atoms with Crippen LogP contribution in [0.1, 0.15) is 43.1 Å². The van der Waals surface area contributed by atoms with Crippen LogP contribution in [0.2, 0.25) is 0 Å². The second-order valence-corrected chi connectivity index (χ2v) is 5.43. The lowest BCUT2D eigenvalue weighted by atomic mass is 9.87. The van der Waals surface area contributed by atoms with Gasteiger partial charge in [0.1, 0.15) is 11.6 Å². The molecule has 1 fully saturated rings. The molecule has 1 aromatic heterocycles. The quantitative estimate of drug-likeness (QED) is 0.832. The lowest BCUT2D eigenvalue weighted by molar-refractivity contribution is -0.120. The van der Waals surface area contributed by atoms with Gasteiger partial charge < -0.3 is 0 Å². The van der Waals surface area contributed by atoms with Gasteiger partial charge in [0.25, 0.3) is 0 Å². The van der Waals surface area contributed by atoms with Crippen LogP contribution in [-0.2, 0) is 4.79 Å². The van der Waals surface area contributed by atoms with Gasteiger partial charge in [-0.05, 0) is 25.8 Å². The van der Waals surface area contributed by atoms with Gasteiger partial charge in [0.15, 0.2) is 0 Å². The molecule has 0 atom stereocenters. The second-order valence-electron chi connectivity index (χ2n) is 5.43. The molecular formula is C17H18N2O. The molecule has 0 radical (unpaired) electrons. The van der Waals surface area contributed by atoms with E-state index in [9.17, 15) is 4.79 Å². The normalized spacial score (nSPS) is 16.4. The summed E-state index contributed by atoms with van der Waals surface area (Å²) in [5.41, 5.74) is 3.09. The Morgan fingerprint density at radius 3 is 2.45 bits per heavy atom. The fourth-order valence-corrected chi connectivity index (χ4v) is 2.73. The van der Waals surface area contributed by atoms with Crippen LogP contribution < -0.4 is 0 Å². The molecule has 0 unspecified atom stereocenters. The van der Waals surface area contributed by atoms with E-state index in [4.69, 9.17) is 4.98 Å². The van der Waals surface area contributed by atoms with Gasteiger partial charge in [-0.15, -0.1) is 0 Å². The molecular weight excluding hydrogens is 248 g/mol. The molecule has 2 aromatic rings. The highest BCUT2D eigenvalue weighted by atomic mass is 16.1. The number of nitrogens with zero attached hydrogens (tertiary/aromatic N) is 2. The van der Waals surface area contributed by atoms with E-state index in [-0.39, 0.29) is 0 Å². The largest absolute Gasteiger partial charge is 0.300 e. The first-order valence-corrected chi connectivity index (χ1v) is 7.15. The van der Waals surface area contributed by atoms with Gasteiger partial charge in [0, 0.05) is 30.0 Å². The molecule has 102 valence electrons. The van der Waals surface area contributed by atoms with Gasteiger partial charge >= 0.3 is 0 Å². The number of benzene rings is 1. The lowest BCUT2D eigenvalue weighted by Gasteiger charge is -2.20. The van der Waals surface area contributed by atoms with Crippen molar-refractivity contribution in [3.8, 4) is 11.3 Å². The van der Waals surface area contributed by atoms with Gasteiger partial charge in [-0.1, -0.05) is 30.3 Å². The van der Waals surface area contributed by atoms with Gasteiger partial charge in [0.2, 0.25) is 0 Å². The minimum atomic E-state index is 0.329. The van der Waals surface area contributed by atoms with Crippen molar-refractivity contribution in [3.63, 3.8) is 0 Å². The van der Waals surface area contributed by atoms with Crippen molar-refractivity contribution >= 4 is 5.78 Å². The number of aromatic nitrogens is 2. The molecule has 0 saturated heterocycles. The van der Waals surface area contributed by atoms with Crippen LogP contribution in [0.15, 0.2) is 36.4 Å². The van der Waals surface area contributed by atoms with Crippen molar-refractivity contribution in [1.82, 2.24) is 9.97 Å². The standard InChI is InChI=1S/C17H18N2O/c1-12-11-16(13-5-3-2-4-6-13)19-17(18-12)14-7-9-15(20)10-8-14/h2-6,11,14H,7-10H2,1H3. The van der Waals surface area contributed by atoms with Crippen LogP contribution in [-0.4, -0.2) is 15.8 Å². The van der Waals surface area contributed by atoms with Gasteiger partial charge in [-0.3, -0.25) is 4.79 Å². The molecule has 1 aromatic carbocycles. The van der Waals surface area contributed by atoms with Gasteiger partial charge in [-0.2, -0.15) is 0 Å². The van der Waals surface area contributed by atoms with Crippen LogP contribution in [0, 0.1) is 6.92 Å². The highest BCUT2D eigenvalue weighted by Crippen LogP contribution is 2.30. The third-order valence-corrected chi connectivity index (χ3v) is 3.85. The molecule has 1 aliphatic rings. The predicted octanol–water partition coefficient (Wildman–Crippen LogP) is 3.68. The number of carbonyl (C=O) groups excluding carboxylic acids is 1. The summed E-state index contributed by atoms with van der Waals surface area (Å²) < 4.78 is 0. The van der Waals surface area contributed by atoms with Crippen LogP contribution in [0.3, 0.4) is 0 Å². The summed E-state index contributed by atoms with van der Waals surface area (Å²) in [7, 11) is 0. The highest BCUT2D eigenvalue weighted by Gasteiger charge is 2.23. The van der Waals surface area contributed by atoms with Crippen LogP contribution >= 0.6 is 0 Å². The Morgan fingerprint density at radius 1 is 1.05 bits per heavy atom. The lowest BCUT2D eigenvalue weighted by Crippen LogP contribution is -2.15. The third kappa shape index (κ3) is 2.77. The number of aryl methyl sites for hydroxylation is 1. The summed E-state index contributed by atoms with van der Waals surface area (Å²) in [6, 6.07) is 12.2. The molecule has 3 heteroatoms. The number of ketones is 1. The van der Waals surface area contributed by atoms with Crippen LogP contribution in [0.5, 0.6) is 0 Å². The van der Waals surface area contributed by atoms with E-state index in [2.05, 4.69) is 17.1 Å². The first kappa shape index (κ1) is 13.0. The fraction of sp³-hybridized carbons (Fsp3) is 0.353. The Balaban J connectivity index is 1.93. The van der Waals surface area contributed by atoms with Crippen molar-refractivity contribution in [2.24, 2.45) is 0 Å². The summed E-state index contributed by atoms with van der Waals surface area (Å²) in [5.74, 6) is 1.60. The maximum absolute atomic E-state index is 11.4. The zero-order valence-corrected chi connectivity index (χ0v) is 11.7. The number of hydrogen-bond acceptors (Lipinski definition) is 3. The molecule has 20 heavy (non-hydrogen) atoms. The van der Waals surface area contributed by atoms with E-state index < -0.39 is 0 Å². The molecule has 1 aliphatic carbocycles. The predicted molar refractivity (Wildman–Crippen MR) is 78.4 cm³/mol. The van der Waals surface area contributed by atoms with E-state index in [1.165, 1.54) is 0 Å². The fourth-order valence-electron chi connectivity index (χ4n) is 2.73. The summed E-state index contributed by atoms with van der Waals surface area (Å²) in [4.78, 5) is 20.7. The van der Waals surface area contributed by atoms with E-state index >= 15 is 0 Å². The van der Waals surface area contributed by atoms with Crippen LogP contribution in [0.4, 0.5) is 0 Å². The minimum absolute atomic E-state index is 0.329. The van der Waals surface area contributed by atoms with E-state index in [1.807, 2.05) is 31.2 Å². The Bertz CT molecular complexity index is 612. The van der Waals surface area contributed by atoms with E-state index in [1.54, 1.807) is 0 Å². The van der Waals surface area contributed by atoms with E-state index in [0.29, 0.717) is 24.5 Å². The number of rotatable bonds is 2. The molecule has 1 heterocycles. The Morgan fingerprint density at radius 2 is 1.75 bits per heavy atom. The number of carbonyl (C=O) groups is 1. The second kappa shape index (κ2) is 5.53. The average molecular weight is 266 g/mol. The Labute approximate surface area is 119 Å². The SMILES string of the molecule is Cc1cc(-c2ccccc2)nc(C2CCC(=O)CC2)n1. The molecule has 1 saturated carbocycles. The molecule has 0 bridgehead atoms. The van der Waals surface area contributed by atoms with Crippen molar-refractivity contribution in [2.45, 2.75) is 38.5 Å². The first-order valence-electron chi connectivity index (χ1n) is 7.15. The number of Topliss-reactive ketones (excluding diaryl/α,β-unsaturated/α-hetero) is 1. The summed E-state index contributed by atoms with van der Waals surface area (Å²) in [5, 5.41) is 0. The Kier molecular flexibility index (Phi) is 3.59. The summed E-state index contributed by atoms with van der Waals surface area (Å²) >= 11 is 0.